The van der Waals surface area contributed by atoms with Gasteiger partial charge in [-0.05, 0) is 18.2 Å². The molecule has 2 unspecified atom stereocenters. The Morgan fingerprint density at radius 1 is 1.46 bits per heavy atom. The smallest absolute Gasteiger partial charge is 0.301 e. The molecule has 1 aliphatic rings. The molecule has 4 N–H and O–H groups in total. The molecular formula is C6H8O6S. The van der Waals surface area contributed by atoms with Gasteiger partial charge in [0.1, 0.15) is 11.9 Å². The van der Waals surface area contributed by atoms with Gasteiger partial charge in [-0.15, -0.1) is 0 Å². The fraction of sp³-hybridized carbons (Fsp3) is 0.333. The van der Waals surface area contributed by atoms with Crippen LogP contribution >= 0.6 is 0 Å². The monoisotopic (exact) mass is 208 g/mol. The van der Waals surface area contributed by atoms with Crippen molar-refractivity contribution in [3.05, 3.63) is 24.0 Å². The first-order valence-electron chi connectivity index (χ1n) is 3.25. The Bertz CT molecular complexity index is 367. The van der Waals surface area contributed by atoms with Crippen molar-refractivity contribution in [1.82, 2.24) is 0 Å². The largest absolute Gasteiger partial charge is 0.508 e. The molecule has 1 rings (SSSR count). The second kappa shape index (κ2) is 2.81. The van der Waals surface area contributed by atoms with Gasteiger partial charge in [-0.2, -0.15) is 8.42 Å². The van der Waals surface area contributed by atoms with Crippen LogP contribution < -0.4 is 0 Å². The second-order valence-corrected chi connectivity index (χ2v) is 4.20. The van der Waals surface area contributed by atoms with Gasteiger partial charge in [0.2, 0.25) is 4.93 Å². The fourth-order valence-corrected chi connectivity index (χ4v) is 1.49. The number of allylic oxidation sites excluding steroid dienone is 1. The number of hydrogen-bond acceptors (Lipinski definition) is 5. The van der Waals surface area contributed by atoms with Crippen LogP contribution in [0.1, 0.15) is 0 Å². The van der Waals surface area contributed by atoms with Gasteiger partial charge in [0, 0.05) is 0 Å². The van der Waals surface area contributed by atoms with Crippen LogP contribution in [0.5, 0.6) is 0 Å². The van der Waals surface area contributed by atoms with Crippen LogP contribution in [0.3, 0.4) is 0 Å². The minimum absolute atomic E-state index is 0.388. The molecule has 0 bridgehead atoms. The lowest BCUT2D eigenvalue weighted by molar-refractivity contribution is 0.0370. The molecule has 0 heterocycles. The summed E-state index contributed by atoms with van der Waals surface area (Å²) in [5, 5.41) is 27.1. The van der Waals surface area contributed by atoms with Crippen LogP contribution in [0.15, 0.2) is 24.0 Å². The van der Waals surface area contributed by atoms with Gasteiger partial charge in [-0.3, -0.25) is 4.55 Å². The molecule has 74 valence electrons. The van der Waals surface area contributed by atoms with Gasteiger partial charge in [-0.1, -0.05) is 0 Å². The maximum atomic E-state index is 10.6. The molecule has 0 aromatic rings. The number of aliphatic hydroxyl groups is 3. The van der Waals surface area contributed by atoms with E-state index in [1.54, 1.807) is 0 Å². The first kappa shape index (κ1) is 10.2. The number of rotatable bonds is 1. The third-order valence-corrected chi connectivity index (χ3v) is 2.86. The Balaban J connectivity index is 3.18. The van der Waals surface area contributed by atoms with Gasteiger partial charge in [0.25, 0.3) is 0 Å². The third-order valence-electron chi connectivity index (χ3n) is 1.66. The van der Waals surface area contributed by atoms with Crippen molar-refractivity contribution in [2.24, 2.45) is 0 Å². The van der Waals surface area contributed by atoms with E-state index in [2.05, 4.69) is 0 Å². The molecule has 0 aliphatic heterocycles. The molecule has 0 amide bonds. The Labute approximate surface area is 74.2 Å². The lowest BCUT2D eigenvalue weighted by Crippen LogP contribution is -2.47. The van der Waals surface area contributed by atoms with Crippen LogP contribution in [0, 0.1) is 0 Å². The molecule has 1 aliphatic carbocycles. The predicted molar refractivity (Wildman–Crippen MR) is 42.4 cm³/mol. The average molecular weight is 208 g/mol. The van der Waals surface area contributed by atoms with Crippen molar-refractivity contribution in [2.75, 3.05) is 0 Å². The van der Waals surface area contributed by atoms with Crippen LogP contribution in [0.4, 0.5) is 0 Å². The van der Waals surface area contributed by atoms with Crippen LogP contribution in [-0.2, 0) is 10.1 Å². The van der Waals surface area contributed by atoms with Crippen molar-refractivity contribution in [1.29, 1.82) is 0 Å². The van der Waals surface area contributed by atoms with Crippen LogP contribution in [0.2, 0.25) is 0 Å². The lowest BCUT2D eigenvalue weighted by Gasteiger charge is -2.26. The highest BCUT2D eigenvalue weighted by molar-refractivity contribution is 7.87. The maximum Gasteiger partial charge on any atom is 0.301 e. The van der Waals surface area contributed by atoms with Gasteiger partial charge in [0.05, 0.1) is 0 Å². The SMILES string of the molecule is O=S(=O)(O)C1(O)C=CC(O)=CC1O. The first-order chi connectivity index (χ1) is 5.77. The molecular weight excluding hydrogens is 200 g/mol. The zero-order valence-corrected chi connectivity index (χ0v) is 7.14. The van der Waals surface area contributed by atoms with E-state index in [9.17, 15) is 13.5 Å². The molecule has 0 spiro atoms. The standard InChI is InChI=1S/C6H8O6S/c7-4-1-2-6(9,5(8)3-4)13(10,11)12/h1-3,5,7-9H,(H,10,11,12). The molecule has 13 heavy (non-hydrogen) atoms. The number of aliphatic hydroxyl groups excluding tert-OH is 2. The van der Waals surface area contributed by atoms with Crippen molar-refractivity contribution in [3.63, 3.8) is 0 Å². The summed E-state index contributed by atoms with van der Waals surface area (Å²) in [7, 11) is -4.83. The second-order valence-electron chi connectivity index (χ2n) is 2.60. The summed E-state index contributed by atoms with van der Waals surface area (Å²) in [5.41, 5.74) is 0. The summed E-state index contributed by atoms with van der Waals surface area (Å²) >= 11 is 0. The minimum Gasteiger partial charge on any atom is -0.508 e. The quantitative estimate of drug-likeness (QED) is 0.408. The Hall–Kier alpha value is -0.890. The van der Waals surface area contributed by atoms with Gasteiger partial charge in [-0.25, -0.2) is 0 Å². The molecule has 0 saturated carbocycles. The summed E-state index contributed by atoms with van der Waals surface area (Å²) < 4.78 is 29.8. The molecule has 0 radical (unpaired) electrons. The lowest BCUT2D eigenvalue weighted by atomic mass is 10.1. The molecule has 0 fully saturated rings. The summed E-state index contributed by atoms with van der Waals surface area (Å²) in [6.45, 7) is 0. The van der Waals surface area contributed by atoms with Gasteiger partial charge < -0.3 is 15.3 Å². The summed E-state index contributed by atoms with van der Waals surface area (Å²) in [5.74, 6) is -0.388. The van der Waals surface area contributed by atoms with Crippen LogP contribution in [-0.4, -0.2) is 39.3 Å². The zero-order chi connectivity index (χ0) is 10.3. The zero-order valence-electron chi connectivity index (χ0n) is 6.32. The predicted octanol–water partition coefficient (Wildman–Crippen LogP) is -1.06. The molecule has 7 heteroatoms. The fourth-order valence-electron chi connectivity index (χ4n) is 0.879. The summed E-state index contributed by atoms with van der Waals surface area (Å²) in [6, 6.07) is 0. The topological polar surface area (TPSA) is 115 Å². The van der Waals surface area contributed by atoms with E-state index in [0.29, 0.717) is 12.2 Å². The van der Waals surface area contributed by atoms with Gasteiger partial charge in [0.15, 0.2) is 0 Å². The van der Waals surface area contributed by atoms with E-state index in [1.807, 2.05) is 0 Å². The molecule has 0 aromatic heterocycles. The van der Waals surface area contributed by atoms with E-state index in [4.69, 9.17) is 14.8 Å². The normalized spacial score (nSPS) is 34.4. The Morgan fingerprint density at radius 2 is 2.00 bits per heavy atom. The van der Waals surface area contributed by atoms with E-state index in [1.165, 1.54) is 0 Å². The number of hydrogen-bond donors (Lipinski definition) is 4. The van der Waals surface area contributed by atoms with Crippen molar-refractivity contribution >= 4 is 10.1 Å². The van der Waals surface area contributed by atoms with E-state index >= 15 is 0 Å². The average Bonchev–Trinajstić information content (AvgIpc) is 1.95. The van der Waals surface area contributed by atoms with Crippen molar-refractivity contribution in [3.8, 4) is 0 Å². The Kier molecular flexibility index (Phi) is 2.20. The highest BCUT2D eigenvalue weighted by atomic mass is 32.2. The molecule has 0 saturated heterocycles. The molecule has 2 atom stereocenters. The highest BCUT2D eigenvalue weighted by Gasteiger charge is 2.46. The summed E-state index contributed by atoms with van der Waals surface area (Å²) in [6.07, 6.45) is 0.267. The van der Waals surface area contributed by atoms with Crippen LogP contribution in [0.25, 0.3) is 0 Å². The minimum atomic E-state index is -4.83. The molecule has 0 aromatic carbocycles. The van der Waals surface area contributed by atoms with E-state index in [0.717, 1.165) is 6.08 Å². The van der Waals surface area contributed by atoms with Crippen molar-refractivity contribution in [2.45, 2.75) is 11.0 Å². The first-order valence-corrected chi connectivity index (χ1v) is 4.69. The summed E-state index contributed by atoms with van der Waals surface area (Å²) in [4.78, 5) is -2.78. The van der Waals surface area contributed by atoms with Crippen molar-refractivity contribution < 1.29 is 28.3 Å². The van der Waals surface area contributed by atoms with E-state index in [-0.39, 0.29) is 5.76 Å². The third kappa shape index (κ3) is 1.59. The van der Waals surface area contributed by atoms with Gasteiger partial charge >= 0.3 is 10.1 Å². The highest BCUT2D eigenvalue weighted by Crippen LogP contribution is 2.25. The molecule has 6 nitrogen and oxygen atoms in total. The van der Waals surface area contributed by atoms with E-state index < -0.39 is 21.2 Å². The maximum absolute atomic E-state index is 10.6. The Morgan fingerprint density at radius 3 is 2.38 bits per heavy atom.